The lowest BCUT2D eigenvalue weighted by Gasteiger charge is -2.12. The average molecular weight is 409 g/mol. The lowest BCUT2D eigenvalue weighted by Crippen LogP contribution is -2.30. The Morgan fingerprint density at radius 3 is 2.92 bits per heavy atom. The van der Waals surface area contributed by atoms with Crippen molar-refractivity contribution >= 4 is 51.2 Å². The van der Waals surface area contributed by atoms with Gasteiger partial charge in [-0.3, -0.25) is 0 Å². The van der Waals surface area contributed by atoms with Gasteiger partial charge in [-0.2, -0.15) is 0 Å². The van der Waals surface area contributed by atoms with Crippen molar-refractivity contribution in [3.8, 4) is 0 Å². The summed E-state index contributed by atoms with van der Waals surface area (Å²) in [4.78, 5) is 13.5. The largest absolute Gasteiger partial charge is 0.465 e. The number of hydrogen-bond donors (Lipinski definition) is 2. The minimum Gasteiger partial charge on any atom is -0.465 e. The van der Waals surface area contributed by atoms with Crippen LogP contribution in [0.3, 0.4) is 0 Å². The lowest BCUT2D eigenvalue weighted by atomic mass is 9.95. The first-order chi connectivity index (χ1) is 12.6. The highest BCUT2D eigenvalue weighted by atomic mass is 35.5. The molecule has 0 fully saturated rings. The van der Waals surface area contributed by atoms with Gasteiger partial charge in [-0.25, -0.2) is 4.79 Å². The van der Waals surface area contributed by atoms with Crippen LogP contribution in [0.25, 0.3) is 0 Å². The van der Waals surface area contributed by atoms with Crippen LogP contribution in [0.5, 0.6) is 0 Å². The number of carbonyl (C=O) groups excluding carboxylic acids is 1. The summed E-state index contributed by atoms with van der Waals surface area (Å²) in [6, 6.07) is 7.78. The summed E-state index contributed by atoms with van der Waals surface area (Å²) in [6.07, 6.45) is 5.02. The summed E-state index contributed by atoms with van der Waals surface area (Å²) < 4.78 is 4.98. The molecule has 1 aromatic carbocycles. The zero-order valence-corrected chi connectivity index (χ0v) is 17.0. The molecule has 3 rings (SSSR count). The summed E-state index contributed by atoms with van der Waals surface area (Å²) in [5, 5.41) is 8.41. The zero-order chi connectivity index (χ0) is 18.5. The third kappa shape index (κ3) is 4.55. The number of ether oxygens (including phenoxy) is 1. The van der Waals surface area contributed by atoms with Crippen LogP contribution >= 0.6 is 35.2 Å². The molecule has 1 aliphatic carbocycles. The Bertz CT molecular complexity index is 820. The first kappa shape index (κ1) is 19.1. The predicted molar refractivity (Wildman–Crippen MR) is 112 cm³/mol. The Labute approximate surface area is 167 Å². The molecule has 0 radical (unpaired) electrons. The first-order valence-electron chi connectivity index (χ1n) is 8.60. The number of halogens is 1. The Hall–Kier alpha value is -1.63. The second-order valence-electron chi connectivity index (χ2n) is 6.17. The fourth-order valence-electron chi connectivity index (χ4n) is 3.13. The fraction of sp³-hybridized carbons (Fsp3) is 0.368. The van der Waals surface area contributed by atoms with E-state index in [4.69, 9.17) is 28.6 Å². The van der Waals surface area contributed by atoms with Crippen molar-refractivity contribution < 1.29 is 9.53 Å². The standard InChI is InChI=1S/C19H21ClN2O2S2/c1-24-18(23)16-14-7-2-3-8-15(14)26-17(16)22-19(25)21-10-9-12-5-4-6-13(20)11-12/h4-6,11H,2-3,7-10H2,1H3,(H2,21,22,25). The molecule has 0 amide bonds. The molecule has 2 N–H and O–H groups in total. The van der Waals surface area contributed by atoms with Crippen molar-refractivity contribution in [3.63, 3.8) is 0 Å². The maximum atomic E-state index is 12.2. The van der Waals surface area contributed by atoms with Gasteiger partial charge in [0, 0.05) is 16.4 Å². The number of esters is 1. The molecule has 0 saturated carbocycles. The number of anilines is 1. The van der Waals surface area contributed by atoms with E-state index in [0.717, 1.165) is 53.3 Å². The van der Waals surface area contributed by atoms with E-state index in [1.807, 2.05) is 24.3 Å². The van der Waals surface area contributed by atoms with E-state index >= 15 is 0 Å². The van der Waals surface area contributed by atoms with Crippen molar-refractivity contribution in [3.05, 3.63) is 50.9 Å². The number of fused-ring (bicyclic) bond motifs is 1. The number of methoxy groups -OCH3 is 1. The van der Waals surface area contributed by atoms with E-state index in [-0.39, 0.29) is 5.97 Å². The molecule has 26 heavy (non-hydrogen) atoms. The Morgan fingerprint density at radius 2 is 2.15 bits per heavy atom. The number of thiophene rings is 1. The molecule has 0 atom stereocenters. The molecule has 1 heterocycles. The molecule has 0 unspecified atom stereocenters. The van der Waals surface area contributed by atoms with Gasteiger partial charge in [-0.1, -0.05) is 23.7 Å². The third-order valence-electron chi connectivity index (χ3n) is 4.38. The summed E-state index contributed by atoms with van der Waals surface area (Å²) in [5.74, 6) is -0.298. The van der Waals surface area contributed by atoms with Crippen LogP contribution in [0.4, 0.5) is 5.00 Å². The SMILES string of the molecule is COC(=O)c1c(NC(=S)NCCc2cccc(Cl)c2)sc2c1CCCC2. The molecule has 1 aromatic heterocycles. The van der Waals surface area contributed by atoms with Crippen molar-refractivity contribution in [2.24, 2.45) is 0 Å². The molecule has 1 aliphatic rings. The number of benzene rings is 1. The monoisotopic (exact) mass is 408 g/mol. The van der Waals surface area contributed by atoms with E-state index in [1.54, 1.807) is 11.3 Å². The second kappa shape index (κ2) is 8.84. The van der Waals surface area contributed by atoms with Crippen LogP contribution in [-0.4, -0.2) is 24.7 Å². The zero-order valence-electron chi connectivity index (χ0n) is 14.6. The van der Waals surface area contributed by atoms with Crippen LogP contribution in [0.1, 0.15) is 39.2 Å². The highest BCUT2D eigenvalue weighted by Gasteiger charge is 2.26. The summed E-state index contributed by atoms with van der Waals surface area (Å²) in [7, 11) is 1.42. The van der Waals surface area contributed by atoms with Gasteiger partial charge in [-0.05, 0) is 67.6 Å². The third-order valence-corrected chi connectivity index (χ3v) is 6.06. The van der Waals surface area contributed by atoms with Crippen LogP contribution in [0.15, 0.2) is 24.3 Å². The van der Waals surface area contributed by atoms with Gasteiger partial charge in [-0.15, -0.1) is 11.3 Å². The smallest absolute Gasteiger partial charge is 0.341 e. The quantitative estimate of drug-likeness (QED) is 0.559. The van der Waals surface area contributed by atoms with E-state index in [0.29, 0.717) is 17.2 Å². The van der Waals surface area contributed by atoms with Crippen molar-refractivity contribution in [1.29, 1.82) is 0 Å². The molecule has 2 aromatic rings. The van der Waals surface area contributed by atoms with Crippen LogP contribution in [-0.2, 0) is 24.0 Å². The van der Waals surface area contributed by atoms with Crippen LogP contribution in [0.2, 0.25) is 5.02 Å². The van der Waals surface area contributed by atoms with E-state index in [9.17, 15) is 4.79 Å². The number of thiocarbonyl (C=S) groups is 1. The van der Waals surface area contributed by atoms with Crippen LogP contribution in [0, 0.1) is 0 Å². The maximum absolute atomic E-state index is 12.2. The number of hydrogen-bond acceptors (Lipinski definition) is 4. The van der Waals surface area contributed by atoms with Gasteiger partial charge in [0.1, 0.15) is 5.00 Å². The molecular formula is C19H21ClN2O2S2. The van der Waals surface area contributed by atoms with Gasteiger partial charge in [0.05, 0.1) is 12.7 Å². The van der Waals surface area contributed by atoms with E-state index in [2.05, 4.69) is 10.6 Å². The van der Waals surface area contributed by atoms with E-state index < -0.39 is 0 Å². The molecule has 4 nitrogen and oxygen atoms in total. The molecule has 0 bridgehead atoms. The first-order valence-corrected chi connectivity index (χ1v) is 10.2. The number of nitrogens with one attached hydrogen (secondary N) is 2. The maximum Gasteiger partial charge on any atom is 0.341 e. The Morgan fingerprint density at radius 1 is 1.35 bits per heavy atom. The van der Waals surface area contributed by atoms with Crippen molar-refractivity contribution in [2.45, 2.75) is 32.1 Å². The van der Waals surface area contributed by atoms with Gasteiger partial charge in [0.2, 0.25) is 0 Å². The number of rotatable bonds is 5. The highest BCUT2D eigenvalue weighted by Crippen LogP contribution is 2.38. The molecule has 7 heteroatoms. The summed E-state index contributed by atoms with van der Waals surface area (Å²) in [5.41, 5.74) is 2.91. The minimum atomic E-state index is -0.298. The van der Waals surface area contributed by atoms with Gasteiger partial charge < -0.3 is 15.4 Å². The highest BCUT2D eigenvalue weighted by molar-refractivity contribution is 7.80. The van der Waals surface area contributed by atoms with Crippen LogP contribution < -0.4 is 10.6 Å². The summed E-state index contributed by atoms with van der Waals surface area (Å²) >= 11 is 13.0. The molecule has 0 spiro atoms. The number of aryl methyl sites for hydroxylation is 1. The van der Waals surface area contributed by atoms with Crippen molar-refractivity contribution in [1.82, 2.24) is 5.32 Å². The van der Waals surface area contributed by atoms with Crippen molar-refractivity contribution in [2.75, 3.05) is 19.0 Å². The normalized spacial score (nSPS) is 13.0. The molecule has 138 valence electrons. The second-order valence-corrected chi connectivity index (χ2v) is 8.12. The summed E-state index contributed by atoms with van der Waals surface area (Å²) in [6.45, 7) is 0.685. The fourth-order valence-corrected chi connectivity index (χ4v) is 4.90. The average Bonchev–Trinajstić information content (AvgIpc) is 2.99. The number of carbonyl (C=O) groups is 1. The van der Waals surface area contributed by atoms with Gasteiger partial charge in [0.15, 0.2) is 5.11 Å². The molecular weight excluding hydrogens is 388 g/mol. The Kier molecular flexibility index (Phi) is 6.51. The minimum absolute atomic E-state index is 0.298. The predicted octanol–water partition coefficient (Wildman–Crippen LogP) is 4.60. The topological polar surface area (TPSA) is 50.4 Å². The molecule has 0 saturated heterocycles. The van der Waals surface area contributed by atoms with Gasteiger partial charge in [0.25, 0.3) is 0 Å². The van der Waals surface area contributed by atoms with Gasteiger partial charge >= 0.3 is 5.97 Å². The van der Waals surface area contributed by atoms with E-state index in [1.165, 1.54) is 12.0 Å². The Balaban J connectivity index is 1.63. The molecule has 0 aliphatic heterocycles. The lowest BCUT2D eigenvalue weighted by molar-refractivity contribution is 0.0601.